The molecule has 3 aromatic rings. The predicted molar refractivity (Wildman–Crippen MR) is 106 cm³/mol. The highest BCUT2D eigenvalue weighted by Crippen LogP contribution is 2.17. The standard InChI is InChI=1S/C20H19N3O4S/c1-27-18-7-5-17(6-8-18)23-20(24)16-3-2-4-19(13-16)28(25,26)22-14-15-9-11-21-12-10-15/h2-13,22H,14H2,1H3,(H,23,24). The van der Waals surface area contributed by atoms with Crippen molar-refractivity contribution in [3.63, 3.8) is 0 Å². The molecule has 0 unspecified atom stereocenters. The third kappa shape index (κ3) is 4.93. The molecule has 28 heavy (non-hydrogen) atoms. The summed E-state index contributed by atoms with van der Waals surface area (Å²) in [4.78, 5) is 16.4. The van der Waals surface area contributed by atoms with Crippen molar-refractivity contribution in [3.8, 4) is 5.75 Å². The van der Waals surface area contributed by atoms with E-state index in [1.54, 1.807) is 62.0 Å². The lowest BCUT2D eigenvalue weighted by Gasteiger charge is -2.09. The first-order valence-electron chi connectivity index (χ1n) is 8.42. The highest BCUT2D eigenvalue weighted by Gasteiger charge is 2.16. The maximum absolute atomic E-state index is 12.5. The lowest BCUT2D eigenvalue weighted by Crippen LogP contribution is -2.23. The minimum Gasteiger partial charge on any atom is -0.497 e. The van der Waals surface area contributed by atoms with Crippen LogP contribution in [0.25, 0.3) is 0 Å². The zero-order chi connectivity index (χ0) is 20.0. The second kappa shape index (κ2) is 8.64. The summed E-state index contributed by atoms with van der Waals surface area (Å²) in [6, 6.07) is 16.2. The number of nitrogens with one attached hydrogen (secondary N) is 2. The van der Waals surface area contributed by atoms with Gasteiger partial charge in [0.15, 0.2) is 0 Å². The molecule has 0 saturated carbocycles. The molecule has 0 spiro atoms. The van der Waals surface area contributed by atoms with Gasteiger partial charge in [0, 0.05) is 30.2 Å². The van der Waals surface area contributed by atoms with Crippen LogP contribution in [-0.4, -0.2) is 26.4 Å². The molecule has 1 amide bonds. The first kappa shape index (κ1) is 19.5. The molecule has 8 heteroatoms. The molecule has 1 heterocycles. The minimum atomic E-state index is -3.76. The number of ether oxygens (including phenoxy) is 1. The van der Waals surface area contributed by atoms with E-state index in [2.05, 4.69) is 15.0 Å². The number of rotatable bonds is 7. The van der Waals surface area contributed by atoms with Crippen LogP contribution in [0.1, 0.15) is 15.9 Å². The first-order valence-corrected chi connectivity index (χ1v) is 9.90. The van der Waals surface area contributed by atoms with Gasteiger partial charge >= 0.3 is 0 Å². The molecule has 0 aliphatic heterocycles. The number of pyridine rings is 1. The summed E-state index contributed by atoms with van der Waals surface area (Å²) in [6.07, 6.45) is 3.18. The van der Waals surface area contributed by atoms with Gasteiger partial charge in [-0.05, 0) is 60.2 Å². The van der Waals surface area contributed by atoms with Crippen LogP contribution in [0.4, 0.5) is 5.69 Å². The molecule has 0 saturated heterocycles. The number of nitrogens with zero attached hydrogens (tertiary/aromatic N) is 1. The molecule has 0 radical (unpaired) electrons. The maximum Gasteiger partial charge on any atom is 0.255 e. The number of carbonyl (C=O) groups is 1. The SMILES string of the molecule is COc1ccc(NC(=O)c2cccc(S(=O)(=O)NCc3ccncc3)c2)cc1. The molecule has 0 fully saturated rings. The summed E-state index contributed by atoms with van der Waals surface area (Å²) in [5.41, 5.74) is 1.60. The highest BCUT2D eigenvalue weighted by molar-refractivity contribution is 7.89. The minimum absolute atomic E-state index is 0.0175. The molecule has 0 bridgehead atoms. The second-order valence-corrected chi connectivity index (χ2v) is 7.66. The zero-order valence-corrected chi connectivity index (χ0v) is 15.9. The predicted octanol–water partition coefficient (Wildman–Crippen LogP) is 2.82. The average molecular weight is 397 g/mol. The van der Waals surface area contributed by atoms with Crippen molar-refractivity contribution in [1.29, 1.82) is 0 Å². The maximum atomic E-state index is 12.5. The number of methoxy groups -OCH3 is 1. The van der Waals surface area contributed by atoms with E-state index in [0.717, 1.165) is 5.56 Å². The molecule has 7 nitrogen and oxygen atoms in total. The van der Waals surface area contributed by atoms with Crippen molar-refractivity contribution >= 4 is 21.6 Å². The van der Waals surface area contributed by atoms with Gasteiger partial charge in [0.1, 0.15) is 5.75 Å². The molecule has 3 rings (SSSR count). The number of hydrogen-bond acceptors (Lipinski definition) is 5. The molecule has 2 N–H and O–H groups in total. The zero-order valence-electron chi connectivity index (χ0n) is 15.1. The van der Waals surface area contributed by atoms with E-state index in [4.69, 9.17) is 4.74 Å². The van der Waals surface area contributed by atoms with Crippen LogP contribution in [-0.2, 0) is 16.6 Å². The number of anilines is 1. The number of sulfonamides is 1. The topological polar surface area (TPSA) is 97.4 Å². The van der Waals surface area contributed by atoms with Crippen molar-refractivity contribution in [1.82, 2.24) is 9.71 Å². The Kier molecular flexibility index (Phi) is 6.03. The van der Waals surface area contributed by atoms with E-state index in [1.165, 1.54) is 18.2 Å². The molecule has 144 valence electrons. The van der Waals surface area contributed by atoms with Gasteiger partial charge in [-0.2, -0.15) is 0 Å². The Morgan fingerprint density at radius 3 is 2.43 bits per heavy atom. The Hall–Kier alpha value is -3.23. The second-order valence-electron chi connectivity index (χ2n) is 5.89. The molecule has 1 aromatic heterocycles. The summed E-state index contributed by atoms with van der Waals surface area (Å²) in [7, 11) is -2.21. The van der Waals surface area contributed by atoms with Crippen molar-refractivity contribution in [2.75, 3.05) is 12.4 Å². The monoisotopic (exact) mass is 397 g/mol. The average Bonchev–Trinajstić information content (AvgIpc) is 2.74. The van der Waals surface area contributed by atoms with Gasteiger partial charge < -0.3 is 10.1 Å². The normalized spacial score (nSPS) is 11.0. The van der Waals surface area contributed by atoms with E-state index in [-0.39, 0.29) is 17.0 Å². The van der Waals surface area contributed by atoms with Crippen molar-refractivity contribution in [2.24, 2.45) is 0 Å². The Morgan fingerprint density at radius 1 is 1.04 bits per heavy atom. The Balaban J connectivity index is 1.72. The summed E-state index contributed by atoms with van der Waals surface area (Å²) in [5, 5.41) is 2.73. The van der Waals surface area contributed by atoms with Crippen LogP contribution in [0, 0.1) is 0 Å². The van der Waals surface area contributed by atoms with Gasteiger partial charge in [0.25, 0.3) is 5.91 Å². The fourth-order valence-electron chi connectivity index (χ4n) is 2.44. The lowest BCUT2D eigenvalue weighted by atomic mass is 10.2. The smallest absolute Gasteiger partial charge is 0.255 e. The van der Waals surface area contributed by atoms with Crippen LogP contribution in [0.15, 0.2) is 78.0 Å². The molecular formula is C20H19N3O4S. The fourth-order valence-corrected chi connectivity index (χ4v) is 3.51. The van der Waals surface area contributed by atoms with Crippen molar-refractivity contribution < 1.29 is 17.9 Å². The summed E-state index contributed by atoms with van der Waals surface area (Å²) in [6.45, 7) is 0.132. The Labute approximate surface area is 163 Å². The van der Waals surface area contributed by atoms with E-state index in [1.807, 2.05) is 0 Å². The first-order chi connectivity index (χ1) is 13.5. The highest BCUT2D eigenvalue weighted by atomic mass is 32.2. The van der Waals surface area contributed by atoms with E-state index in [9.17, 15) is 13.2 Å². The lowest BCUT2D eigenvalue weighted by molar-refractivity contribution is 0.102. The quantitative estimate of drug-likeness (QED) is 0.639. The summed E-state index contributed by atoms with van der Waals surface area (Å²) in [5.74, 6) is 0.266. The Morgan fingerprint density at radius 2 is 1.75 bits per heavy atom. The van der Waals surface area contributed by atoms with Crippen LogP contribution in [0.2, 0.25) is 0 Å². The number of amides is 1. The van der Waals surface area contributed by atoms with Gasteiger partial charge in [-0.25, -0.2) is 13.1 Å². The number of hydrogen-bond donors (Lipinski definition) is 2. The third-order valence-corrected chi connectivity index (χ3v) is 5.37. The number of carbonyl (C=O) groups excluding carboxylic acids is 1. The van der Waals surface area contributed by atoms with Gasteiger partial charge in [0.2, 0.25) is 10.0 Å². The molecule has 2 aromatic carbocycles. The number of benzene rings is 2. The van der Waals surface area contributed by atoms with Crippen LogP contribution >= 0.6 is 0 Å². The summed E-state index contributed by atoms with van der Waals surface area (Å²) < 4.78 is 32.7. The molecule has 0 aliphatic carbocycles. The third-order valence-electron chi connectivity index (χ3n) is 3.97. The van der Waals surface area contributed by atoms with Gasteiger partial charge in [0.05, 0.1) is 12.0 Å². The largest absolute Gasteiger partial charge is 0.497 e. The van der Waals surface area contributed by atoms with Gasteiger partial charge in [-0.15, -0.1) is 0 Å². The van der Waals surface area contributed by atoms with Crippen molar-refractivity contribution in [2.45, 2.75) is 11.4 Å². The van der Waals surface area contributed by atoms with Crippen LogP contribution in [0.5, 0.6) is 5.75 Å². The van der Waals surface area contributed by atoms with E-state index < -0.39 is 15.9 Å². The van der Waals surface area contributed by atoms with E-state index in [0.29, 0.717) is 11.4 Å². The molecule has 0 atom stereocenters. The van der Waals surface area contributed by atoms with E-state index >= 15 is 0 Å². The fraction of sp³-hybridized carbons (Fsp3) is 0.100. The molecular weight excluding hydrogens is 378 g/mol. The summed E-state index contributed by atoms with van der Waals surface area (Å²) >= 11 is 0. The van der Waals surface area contributed by atoms with Gasteiger partial charge in [-0.3, -0.25) is 9.78 Å². The molecule has 0 aliphatic rings. The van der Waals surface area contributed by atoms with Crippen LogP contribution in [0.3, 0.4) is 0 Å². The van der Waals surface area contributed by atoms with Crippen molar-refractivity contribution in [3.05, 3.63) is 84.2 Å². The number of aromatic nitrogens is 1. The van der Waals surface area contributed by atoms with Crippen LogP contribution < -0.4 is 14.8 Å². The van der Waals surface area contributed by atoms with Gasteiger partial charge in [-0.1, -0.05) is 6.07 Å². The Bertz CT molecular complexity index is 1050.